The van der Waals surface area contributed by atoms with E-state index < -0.39 is 5.82 Å². The highest BCUT2D eigenvalue weighted by Crippen LogP contribution is 2.21. The zero-order valence-electron chi connectivity index (χ0n) is 15.5. The van der Waals surface area contributed by atoms with Crippen molar-refractivity contribution in [1.82, 2.24) is 4.90 Å². The van der Waals surface area contributed by atoms with Crippen molar-refractivity contribution in [2.75, 3.05) is 32.0 Å². The lowest BCUT2D eigenvalue weighted by atomic mass is 9.91. The monoisotopic (exact) mass is 350 g/mol. The molecule has 4 atom stereocenters. The Hall–Kier alpha value is -1.95. The van der Waals surface area contributed by atoms with Gasteiger partial charge in [0.25, 0.3) is 11.8 Å². The van der Waals surface area contributed by atoms with E-state index in [0.29, 0.717) is 17.5 Å². The van der Waals surface area contributed by atoms with Gasteiger partial charge in [0.1, 0.15) is 5.82 Å². The molecule has 0 aromatic heterocycles. The molecule has 0 saturated carbocycles. The minimum atomic E-state index is -0.393. The van der Waals surface area contributed by atoms with Crippen molar-refractivity contribution in [2.45, 2.75) is 33.2 Å². The van der Waals surface area contributed by atoms with E-state index in [0.717, 1.165) is 24.4 Å². The molecule has 0 radical (unpaired) electrons. The van der Waals surface area contributed by atoms with Gasteiger partial charge >= 0.3 is 0 Å². The Bertz CT molecular complexity index is 612. The van der Waals surface area contributed by atoms with Crippen molar-refractivity contribution in [3.63, 3.8) is 0 Å². The van der Waals surface area contributed by atoms with Crippen LogP contribution in [0.1, 0.15) is 27.2 Å². The number of hydrogen-bond acceptors (Lipinski definition) is 2. The van der Waals surface area contributed by atoms with Gasteiger partial charge in [0, 0.05) is 18.8 Å². The van der Waals surface area contributed by atoms with Gasteiger partial charge in [-0.25, -0.2) is 4.39 Å². The summed E-state index contributed by atoms with van der Waals surface area (Å²) in [5, 5.41) is 2.68. The maximum Gasteiger partial charge on any atom is 0.280 e. The summed E-state index contributed by atoms with van der Waals surface area (Å²) in [6.07, 6.45) is 1.15. The van der Waals surface area contributed by atoms with Gasteiger partial charge < -0.3 is 15.1 Å². The predicted molar refractivity (Wildman–Crippen MR) is 95.8 cm³/mol. The Morgan fingerprint density at radius 3 is 2.56 bits per heavy atom. The van der Waals surface area contributed by atoms with E-state index in [-0.39, 0.29) is 24.4 Å². The van der Waals surface area contributed by atoms with E-state index in [1.165, 1.54) is 12.1 Å². The molecular formula is C19H29FN3O2+. The van der Waals surface area contributed by atoms with Crippen molar-refractivity contribution < 1.29 is 18.9 Å². The number of likely N-dealkylation sites (tertiary alicyclic amines) is 1. The second kappa shape index (κ2) is 8.43. The third-order valence-electron chi connectivity index (χ3n) is 4.84. The highest BCUT2D eigenvalue weighted by Gasteiger charge is 2.32. The van der Waals surface area contributed by atoms with Crippen LogP contribution in [-0.2, 0) is 9.59 Å². The van der Waals surface area contributed by atoms with Gasteiger partial charge in [-0.15, -0.1) is 0 Å². The van der Waals surface area contributed by atoms with Crippen LogP contribution in [0.25, 0.3) is 0 Å². The van der Waals surface area contributed by atoms with Gasteiger partial charge in [-0.2, -0.15) is 0 Å². The molecule has 1 aromatic carbocycles. The van der Waals surface area contributed by atoms with Gasteiger partial charge in [0.05, 0.1) is 7.05 Å². The summed E-state index contributed by atoms with van der Waals surface area (Å²) in [6.45, 7) is 7.93. The van der Waals surface area contributed by atoms with Crippen LogP contribution in [0.2, 0.25) is 0 Å². The van der Waals surface area contributed by atoms with Crippen LogP contribution in [0.3, 0.4) is 0 Å². The summed E-state index contributed by atoms with van der Waals surface area (Å²) in [5.41, 5.74) is 0.426. The van der Waals surface area contributed by atoms with Crippen LogP contribution in [0, 0.1) is 17.7 Å². The van der Waals surface area contributed by atoms with Gasteiger partial charge in [-0.05, 0) is 43.4 Å². The number of hydrogen-bond donors (Lipinski definition) is 2. The van der Waals surface area contributed by atoms with Crippen molar-refractivity contribution in [2.24, 2.45) is 11.8 Å². The lowest BCUT2D eigenvalue weighted by molar-refractivity contribution is -0.886. The smallest absolute Gasteiger partial charge is 0.280 e. The average Bonchev–Trinajstić information content (AvgIpc) is 2.52. The van der Waals surface area contributed by atoms with Crippen LogP contribution in [0.4, 0.5) is 10.1 Å². The Kier molecular flexibility index (Phi) is 6.53. The van der Waals surface area contributed by atoms with Crippen molar-refractivity contribution in [3.05, 3.63) is 30.1 Å². The molecule has 2 rings (SSSR count). The first-order chi connectivity index (χ1) is 11.8. The zero-order chi connectivity index (χ0) is 18.6. The maximum atomic E-state index is 13.2. The normalized spacial score (nSPS) is 23.0. The van der Waals surface area contributed by atoms with Gasteiger partial charge in [-0.3, -0.25) is 9.59 Å². The molecule has 0 aliphatic carbocycles. The minimum Gasteiger partial charge on any atom is -0.337 e. The van der Waals surface area contributed by atoms with Crippen molar-refractivity contribution in [3.8, 4) is 0 Å². The molecule has 1 aromatic rings. The number of carbonyl (C=O) groups is 2. The first-order valence-electron chi connectivity index (χ1n) is 8.92. The molecular weight excluding hydrogens is 321 g/mol. The third kappa shape index (κ3) is 5.53. The third-order valence-corrected chi connectivity index (χ3v) is 4.84. The summed E-state index contributed by atoms with van der Waals surface area (Å²) in [6, 6.07) is 5.50. The molecule has 0 spiro atoms. The number of rotatable bonds is 5. The predicted octanol–water partition coefficient (Wildman–Crippen LogP) is 1.17. The van der Waals surface area contributed by atoms with Gasteiger partial charge in [0.2, 0.25) is 0 Å². The highest BCUT2D eigenvalue weighted by molar-refractivity contribution is 5.91. The lowest BCUT2D eigenvalue weighted by Gasteiger charge is -2.36. The topological polar surface area (TPSA) is 53.9 Å². The first kappa shape index (κ1) is 19.4. The van der Waals surface area contributed by atoms with Crippen LogP contribution in [0.5, 0.6) is 0 Å². The maximum absolute atomic E-state index is 13.2. The van der Waals surface area contributed by atoms with Gasteiger partial charge in [-0.1, -0.05) is 19.9 Å². The molecule has 1 saturated heterocycles. The molecule has 1 aliphatic heterocycles. The molecule has 1 aliphatic rings. The second-order valence-electron chi connectivity index (χ2n) is 7.49. The number of likely N-dealkylation sites (N-methyl/N-ethyl adjacent to an activating group) is 1. The summed E-state index contributed by atoms with van der Waals surface area (Å²) in [7, 11) is 1.84. The Balaban J connectivity index is 1.89. The van der Waals surface area contributed by atoms with Crippen LogP contribution >= 0.6 is 0 Å². The number of quaternary nitrogens is 1. The minimum absolute atomic E-state index is 0.0921. The standard InChI is InChI=1S/C19H28FN3O2/c1-13-8-14(2)11-23(10-13)19(25)15(3)22(4)12-18(24)21-17-7-5-6-16(20)9-17/h5-7,9,13-15H,8,10-12H2,1-4H3,(H,21,24)/p+1/t13-,14+,15-/m1/s1. The fourth-order valence-electron chi connectivity index (χ4n) is 3.51. The number of anilines is 1. The number of halogens is 1. The first-order valence-corrected chi connectivity index (χ1v) is 8.92. The Labute approximate surface area is 149 Å². The summed E-state index contributed by atoms with van der Waals surface area (Å²) in [4.78, 5) is 27.7. The summed E-state index contributed by atoms with van der Waals surface area (Å²) < 4.78 is 13.2. The molecule has 1 fully saturated rings. The van der Waals surface area contributed by atoms with E-state index in [1.807, 2.05) is 18.9 Å². The van der Waals surface area contributed by atoms with Crippen LogP contribution < -0.4 is 10.2 Å². The fourth-order valence-corrected chi connectivity index (χ4v) is 3.51. The molecule has 25 heavy (non-hydrogen) atoms. The SMILES string of the molecule is C[C@@H]1C[C@H](C)CN(C(=O)[C@@H](C)[NH+](C)CC(=O)Nc2cccc(F)c2)C1. The van der Waals surface area contributed by atoms with E-state index in [4.69, 9.17) is 0 Å². The number of nitrogens with one attached hydrogen (secondary N) is 2. The molecule has 0 bridgehead atoms. The summed E-state index contributed by atoms with van der Waals surface area (Å²) in [5.74, 6) is 0.487. The molecule has 1 heterocycles. The largest absolute Gasteiger partial charge is 0.337 e. The number of carbonyl (C=O) groups excluding carboxylic acids is 2. The fraction of sp³-hybridized carbons (Fsp3) is 0.579. The number of nitrogens with zero attached hydrogens (tertiary/aromatic N) is 1. The highest BCUT2D eigenvalue weighted by atomic mass is 19.1. The van der Waals surface area contributed by atoms with Crippen molar-refractivity contribution in [1.29, 1.82) is 0 Å². The molecule has 1 unspecified atom stereocenters. The van der Waals surface area contributed by atoms with Crippen LogP contribution in [0.15, 0.2) is 24.3 Å². The van der Waals surface area contributed by atoms with Crippen molar-refractivity contribution >= 4 is 17.5 Å². The van der Waals surface area contributed by atoms with E-state index in [1.54, 1.807) is 12.1 Å². The van der Waals surface area contributed by atoms with E-state index in [2.05, 4.69) is 19.2 Å². The number of piperidine rings is 1. The molecule has 2 N–H and O–H groups in total. The number of amides is 2. The Morgan fingerprint density at radius 2 is 1.96 bits per heavy atom. The Morgan fingerprint density at radius 1 is 1.32 bits per heavy atom. The summed E-state index contributed by atoms with van der Waals surface area (Å²) >= 11 is 0. The lowest BCUT2D eigenvalue weighted by Crippen LogP contribution is -3.15. The van der Waals surface area contributed by atoms with Crippen LogP contribution in [-0.4, -0.2) is 49.4 Å². The molecule has 138 valence electrons. The quantitative estimate of drug-likeness (QED) is 0.838. The van der Waals surface area contributed by atoms with E-state index in [9.17, 15) is 14.0 Å². The molecule has 6 heteroatoms. The average molecular weight is 350 g/mol. The molecule has 5 nitrogen and oxygen atoms in total. The zero-order valence-corrected chi connectivity index (χ0v) is 15.5. The second-order valence-corrected chi connectivity index (χ2v) is 7.49. The van der Waals surface area contributed by atoms with Gasteiger partial charge in [0.15, 0.2) is 12.6 Å². The number of benzene rings is 1. The molecule has 2 amide bonds. The van der Waals surface area contributed by atoms with E-state index >= 15 is 0 Å².